The molecule has 2 aliphatic rings. The number of aromatic nitrogens is 3. The second kappa shape index (κ2) is 8.10. The lowest BCUT2D eigenvalue weighted by atomic mass is 10.1. The summed E-state index contributed by atoms with van der Waals surface area (Å²) in [4.78, 5) is 29.3. The molecule has 1 aromatic heterocycles. The Labute approximate surface area is 164 Å². The maximum absolute atomic E-state index is 12.9. The van der Waals surface area contributed by atoms with Crippen LogP contribution in [-0.2, 0) is 40.9 Å². The quantitative estimate of drug-likeness (QED) is 0.767. The van der Waals surface area contributed by atoms with Crippen LogP contribution in [0.2, 0.25) is 0 Å². The Kier molecular flexibility index (Phi) is 5.38. The van der Waals surface area contributed by atoms with Gasteiger partial charge in [-0.2, -0.15) is 0 Å². The van der Waals surface area contributed by atoms with Crippen molar-refractivity contribution in [2.24, 2.45) is 7.05 Å². The van der Waals surface area contributed by atoms with Crippen LogP contribution >= 0.6 is 0 Å². The van der Waals surface area contributed by atoms with Crippen molar-refractivity contribution < 1.29 is 14.3 Å². The minimum atomic E-state index is -0.211. The number of benzene rings is 1. The number of amides is 2. The monoisotopic (exact) mass is 383 g/mol. The maximum atomic E-state index is 12.9. The molecule has 0 unspecified atom stereocenters. The number of hydrogen-bond donors (Lipinski definition) is 0. The molecule has 148 valence electrons. The molecule has 2 aromatic rings. The summed E-state index contributed by atoms with van der Waals surface area (Å²) < 4.78 is 7.38. The van der Waals surface area contributed by atoms with Gasteiger partial charge in [-0.3, -0.25) is 9.59 Å². The largest absolute Gasteiger partial charge is 0.377 e. The highest BCUT2D eigenvalue weighted by Crippen LogP contribution is 2.24. The summed E-state index contributed by atoms with van der Waals surface area (Å²) in [7, 11) is 1.87. The van der Waals surface area contributed by atoms with Crippen molar-refractivity contribution in [1.82, 2.24) is 24.6 Å². The Morgan fingerprint density at radius 2 is 1.93 bits per heavy atom. The van der Waals surface area contributed by atoms with E-state index in [1.165, 1.54) is 11.1 Å². The van der Waals surface area contributed by atoms with E-state index in [1.807, 2.05) is 28.6 Å². The summed E-state index contributed by atoms with van der Waals surface area (Å²) in [6.45, 7) is 2.72. The zero-order valence-electron chi connectivity index (χ0n) is 16.1. The second-order valence-corrected chi connectivity index (χ2v) is 7.40. The van der Waals surface area contributed by atoms with Gasteiger partial charge in [0.1, 0.15) is 12.2 Å². The molecule has 8 nitrogen and oxygen atoms in total. The first-order valence-electron chi connectivity index (χ1n) is 9.66. The van der Waals surface area contributed by atoms with Crippen LogP contribution in [0.3, 0.4) is 0 Å². The van der Waals surface area contributed by atoms with Crippen LogP contribution in [0.15, 0.2) is 30.6 Å². The van der Waals surface area contributed by atoms with Crippen molar-refractivity contribution in [3.8, 4) is 0 Å². The van der Waals surface area contributed by atoms with Crippen molar-refractivity contribution in [1.29, 1.82) is 0 Å². The predicted octanol–water partition coefficient (Wildman–Crippen LogP) is 0.908. The Morgan fingerprint density at radius 3 is 2.61 bits per heavy atom. The van der Waals surface area contributed by atoms with Gasteiger partial charge in [0.2, 0.25) is 11.8 Å². The van der Waals surface area contributed by atoms with Gasteiger partial charge < -0.3 is 19.1 Å². The Bertz CT molecular complexity index is 840. The number of carbonyl (C=O) groups is 2. The smallest absolute Gasteiger partial charge is 0.225 e. The van der Waals surface area contributed by atoms with Gasteiger partial charge in [-0.05, 0) is 11.1 Å². The molecule has 0 aliphatic carbocycles. The van der Waals surface area contributed by atoms with Crippen LogP contribution < -0.4 is 0 Å². The number of rotatable bonds is 5. The molecule has 2 amide bonds. The number of nitrogens with zero attached hydrogens (tertiary/aromatic N) is 5. The summed E-state index contributed by atoms with van der Waals surface area (Å²) in [6.07, 6.45) is 2.81. The van der Waals surface area contributed by atoms with Crippen molar-refractivity contribution in [3.63, 3.8) is 0 Å². The van der Waals surface area contributed by atoms with Gasteiger partial charge in [0.15, 0.2) is 0 Å². The molecule has 0 radical (unpaired) electrons. The van der Waals surface area contributed by atoms with Gasteiger partial charge in [0.05, 0.1) is 19.3 Å². The van der Waals surface area contributed by atoms with Crippen LogP contribution in [0.5, 0.6) is 0 Å². The third-order valence-electron chi connectivity index (χ3n) is 5.52. The fourth-order valence-corrected chi connectivity index (χ4v) is 3.89. The van der Waals surface area contributed by atoms with Gasteiger partial charge in [-0.15, -0.1) is 10.2 Å². The molecular weight excluding hydrogens is 358 g/mol. The van der Waals surface area contributed by atoms with Crippen molar-refractivity contribution >= 4 is 11.8 Å². The average Bonchev–Trinajstić information content (AvgIpc) is 3.32. The van der Waals surface area contributed by atoms with Crippen LogP contribution in [-0.4, -0.2) is 62.2 Å². The van der Waals surface area contributed by atoms with Crippen LogP contribution in [0.1, 0.15) is 29.8 Å². The van der Waals surface area contributed by atoms with E-state index < -0.39 is 0 Å². The molecule has 1 saturated heterocycles. The van der Waals surface area contributed by atoms with E-state index in [-0.39, 0.29) is 17.9 Å². The zero-order chi connectivity index (χ0) is 19.5. The number of fused-ring (bicyclic) bond motifs is 1. The molecule has 4 rings (SSSR count). The van der Waals surface area contributed by atoms with E-state index >= 15 is 0 Å². The van der Waals surface area contributed by atoms with Crippen molar-refractivity contribution in [3.05, 3.63) is 47.5 Å². The lowest BCUT2D eigenvalue weighted by Gasteiger charge is -2.36. The highest BCUT2D eigenvalue weighted by atomic mass is 16.5. The predicted molar refractivity (Wildman–Crippen MR) is 101 cm³/mol. The van der Waals surface area contributed by atoms with Gasteiger partial charge in [-0.25, -0.2) is 0 Å². The molecular formula is C20H25N5O3. The number of ether oxygens (including phenoxy) is 1. The molecule has 8 heteroatoms. The van der Waals surface area contributed by atoms with Gasteiger partial charge in [-0.1, -0.05) is 24.3 Å². The second-order valence-electron chi connectivity index (χ2n) is 7.40. The number of carbonyl (C=O) groups excluding carboxylic acids is 2. The fourth-order valence-electron chi connectivity index (χ4n) is 3.89. The first-order chi connectivity index (χ1) is 13.6. The molecule has 1 aromatic carbocycles. The van der Waals surface area contributed by atoms with E-state index in [4.69, 9.17) is 4.74 Å². The molecule has 0 saturated carbocycles. The minimum Gasteiger partial charge on any atom is -0.377 e. The Hall–Kier alpha value is -2.74. The van der Waals surface area contributed by atoms with Crippen LogP contribution in [0, 0.1) is 0 Å². The SMILES string of the molecule is Cn1cnnc1CCC(=O)N1CCOC[C@@H]1CC(=O)N1Cc2ccccc2C1. The van der Waals surface area contributed by atoms with Gasteiger partial charge in [0.25, 0.3) is 0 Å². The molecule has 28 heavy (non-hydrogen) atoms. The molecule has 2 aliphatic heterocycles. The first kappa shape index (κ1) is 18.6. The summed E-state index contributed by atoms with van der Waals surface area (Å²) >= 11 is 0. The van der Waals surface area contributed by atoms with Crippen LogP contribution in [0.4, 0.5) is 0 Å². The van der Waals surface area contributed by atoms with E-state index in [0.29, 0.717) is 52.1 Å². The normalized spacial score (nSPS) is 19.0. The number of hydrogen-bond acceptors (Lipinski definition) is 5. The molecule has 0 N–H and O–H groups in total. The lowest BCUT2D eigenvalue weighted by Crippen LogP contribution is -2.50. The molecule has 0 spiro atoms. The van der Waals surface area contributed by atoms with Crippen LogP contribution in [0.25, 0.3) is 0 Å². The maximum Gasteiger partial charge on any atom is 0.225 e. The third-order valence-corrected chi connectivity index (χ3v) is 5.52. The Balaban J connectivity index is 1.35. The van der Waals surface area contributed by atoms with E-state index in [9.17, 15) is 9.59 Å². The molecule has 1 atom stereocenters. The average molecular weight is 383 g/mol. The summed E-state index contributed by atoms with van der Waals surface area (Å²) in [5, 5.41) is 7.87. The standard InChI is InChI=1S/C20H25N5O3/c1-23-14-21-22-18(23)6-7-19(26)25-8-9-28-13-17(25)10-20(27)24-11-15-4-2-3-5-16(15)12-24/h2-5,14,17H,6-13H2,1H3/t17-/m0/s1. The topological polar surface area (TPSA) is 80.6 Å². The van der Waals surface area contributed by atoms with Crippen molar-refractivity contribution in [2.75, 3.05) is 19.8 Å². The minimum absolute atomic E-state index is 0.0359. The van der Waals surface area contributed by atoms with Crippen molar-refractivity contribution in [2.45, 2.75) is 38.4 Å². The first-order valence-corrected chi connectivity index (χ1v) is 9.66. The number of aryl methyl sites for hydroxylation is 2. The molecule has 3 heterocycles. The van der Waals surface area contributed by atoms with E-state index in [2.05, 4.69) is 22.3 Å². The molecule has 0 bridgehead atoms. The fraction of sp³-hybridized carbons (Fsp3) is 0.500. The van der Waals surface area contributed by atoms with E-state index in [1.54, 1.807) is 11.2 Å². The Morgan fingerprint density at radius 1 is 1.18 bits per heavy atom. The summed E-state index contributed by atoms with van der Waals surface area (Å²) in [6, 6.07) is 7.92. The highest BCUT2D eigenvalue weighted by Gasteiger charge is 2.32. The summed E-state index contributed by atoms with van der Waals surface area (Å²) in [5.41, 5.74) is 2.40. The third kappa shape index (κ3) is 3.91. The van der Waals surface area contributed by atoms with Gasteiger partial charge in [0, 0.05) is 45.9 Å². The van der Waals surface area contributed by atoms with Gasteiger partial charge >= 0.3 is 0 Å². The highest BCUT2D eigenvalue weighted by molar-refractivity contribution is 5.80. The van der Waals surface area contributed by atoms with E-state index in [0.717, 1.165) is 5.82 Å². The molecule has 1 fully saturated rings. The zero-order valence-corrected chi connectivity index (χ0v) is 16.1. The number of morpholine rings is 1. The summed E-state index contributed by atoms with van der Waals surface area (Å²) in [5.74, 6) is 0.885. The lowest BCUT2D eigenvalue weighted by molar-refractivity contribution is -0.144.